The van der Waals surface area contributed by atoms with Gasteiger partial charge in [0.25, 0.3) is 11.6 Å². The van der Waals surface area contributed by atoms with Gasteiger partial charge in [0.2, 0.25) is 5.91 Å². The lowest BCUT2D eigenvalue weighted by Gasteiger charge is -2.18. The van der Waals surface area contributed by atoms with Crippen molar-refractivity contribution in [3.8, 4) is 0 Å². The SMILES string of the molecule is CN(Cc1cc([N+](=O)[O-])ccc1Cl)C(=O)CNC(=O)c1cccc(Cl)c1. The number of nitrogens with one attached hydrogen (secondary N) is 1. The van der Waals surface area contributed by atoms with Gasteiger partial charge in [-0.25, -0.2) is 0 Å². The minimum Gasteiger partial charge on any atom is -0.343 e. The highest BCUT2D eigenvalue weighted by Gasteiger charge is 2.16. The smallest absolute Gasteiger partial charge is 0.269 e. The Morgan fingerprint density at radius 3 is 2.58 bits per heavy atom. The number of benzene rings is 2. The number of nitro benzene ring substituents is 1. The van der Waals surface area contributed by atoms with Crippen LogP contribution in [0.2, 0.25) is 10.0 Å². The molecule has 2 amide bonds. The maximum Gasteiger partial charge on any atom is 0.269 e. The van der Waals surface area contributed by atoms with Gasteiger partial charge in [0.1, 0.15) is 0 Å². The number of hydrogen-bond acceptors (Lipinski definition) is 4. The summed E-state index contributed by atoms with van der Waals surface area (Å²) >= 11 is 11.9. The van der Waals surface area contributed by atoms with Gasteiger partial charge in [-0.05, 0) is 29.8 Å². The molecule has 0 spiro atoms. The number of halogens is 2. The van der Waals surface area contributed by atoms with Crippen molar-refractivity contribution in [2.24, 2.45) is 0 Å². The van der Waals surface area contributed by atoms with Crippen molar-refractivity contribution in [2.75, 3.05) is 13.6 Å². The van der Waals surface area contributed by atoms with E-state index in [0.29, 0.717) is 21.2 Å². The lowest BCUT2D eigenvalue weighted by molar-refractivity contribution is -0.384. The summed E-state index contributed by atoms with van der Waals surface area (Å²) in [5.74, 6) is -0.800. The largest absolute Gasteiger partial charge is 0.343 e. The number of carbonyl (C=O) groups is 2. The molecule has 0 saturated carbocycles. The van der Waals surface area contributed by atoms with E-state index in [4.69, 9.17) is 23.2 Å². The summed E-state index contributed by atoms with van der Waals surface area (Å²) < 4.78 is 0. The molecule has 0 aliphatic carbocycles. The number of hydrogen-bond donors (Lipinski definition) is 1. The first-order chi connectivity index (χ1) is 12.3. The van der Waals surface area contributed by atoms with Crippen molar-refractivity contribution in [3.05, 3.63) is 73.8 Å². The number of non-ortho nitro benzene ring substituents is 1. The number of amides is 2. The van der Waals surface area contributed by atoms with Crippen LogP contribution in [0.5, 0.6) is 0 Å². The predicted octanol–water partition coefficient (Wildman–Crippen LogP) is 3.29. The maximum atomic E-state index is 12.2. The van der Waals surface area contributed by atoms with E-state index < -0.39 is 10.8 Å². The molecule has 2 aromatic rings. The zero-order valence-electron chi connectivity index (χ0n) is 13.7. The zero-order chi connectivity index (χ0) is 19.3. The van der Waals surface area contributed by atoms with Crippen LogP contribution in [-0.4, -0.2) is 35.2 Å². The quantitative estimate of drug-likeness (QED) is 0.599. The number of nitrogens with zero attached hydrogens (tertiary/aromatic N) is 2. The fourth-order valence-corrected chi connectivity index (χ4v) is 2.53. The summed E-state index contributed by atoms with van der Waals surface area (Å²) in [7, 11) is 1.52. The van der Waals surface area contributed by atoms with Crippen LogP contribution in [-0.2, 0) is 11.3 Å². The maximum absolute atomic E-state index is 12.2. The van der Waals surface area contributed by atoms with Crippen LogP contribution >= 0.6 is 23.2 Å². The standard InChI is InChI=1S/C17H15Cl2N3O4/c1-21(10-12-8-14(22(25)26)5-6-15(12)19)16(23)9-20-17(24)11-3-2-4-13(18)7-11/h2-8H,9-10H2,1H3,(H,20,24). The van der Waals surface area contributed by atoms with Crippen LogP contribution < -0.4 is 5.32 Å². The third-order valence-electron chi connectivity index (χ3n) is 3.56. The highest BCUT2D eigenvalue weighted by Crippen LogP contribution is 2.23. The van der Waals surface area contributed by atoms with Gasteiger partial charge in [-0.1, -0.05) is 29.3 Å². The third kappa shape index (κ3) is 5.18. The monoisotopic (exact) mass is 395 g/mol. The molecule has 2 rings (SSSR count). The second kappa shape index (κ2) is 8.64. The summed E-state index contributed by atoms with van der Waals surface area (Å²) in [4.78, 5) is 35.8. The normalized spacial score (nSPS) is 10.3. The molecule has 0 aliphatic rings. The summed E-state index contributed by atoms with van der Waals surface area (Å²) in [6, 6.07) is 10.4. The first-order valence-electron chi connectivity index (χ1n) is 7.48. The van der Waals surface area contributed by atoms with Crippen molar-refractivity contribution < 1.29 is 14.5 Å². The van der Waals surface area contributed by atoms with Gasteiger partial charge in [0.05, 0.1) is 11.5 Å². The van der Waals surface area contributed by atoms with Gasteiger partial charge in [-0.2, -0.15) is 0 Å². The molecular formula is C17H15Cl2N3O4. The van der Waals surface area contributed by atoms with Crippen LogP contribution in [0.3, 0.4) is 0 Å². The zero-order valence-corrected chi connectivity index (χ0v) is 15.3. The Morgan fingerprint density at radius 2 is 1.92 bits per heavy atom. The third-order valence-corrected chi connectivity index (χ3v) is 4.16. The van der Waals surface area contributed by atoms with Crippen molar-refractivity contribution in [3.63, 3.8) is 0 Å². The topological polar surface area (TPSA) is 92.5 Å². The van der Waals surface area contributed by atoms with Crippen LogP contribution in [0.25, 0.3) is 0 Å². The summed E-state index contributed by atoms with van der Waals surface area (Å²) in [5, 5.41) is 14.1. The van der Waals surface area contributed by atoms with E-state index in [2.05, 4.69) is 5.32 Å². The molecule has 2 aromatic carbocycles. The van der Waals surface area contributed by atoms with E-state index in [1.54, 1.807) is 18.2 Å². The van der Waals surface area contributed by atoms with Crippen LogP contribution in [0.4, 0.5) is 5.69 Å². The van der Waals surface area contributed by atoms with Gasteiger partial charge in [0.15, 0.2) is 0 Å². The molecule has 0 atom stereocenters. The fourth-order valence-electron chi connectivity index (χ4n) is 2.16. The molecule has 9 heteroatoms. The van der Waals surface area contributed by atoms with Crippen molar-refractivity contribution in [1.29, 1.82) is 0 Å². The summed E-state index contributed by atoms with van der Waals surface area (Å²) in [5.41, 5.74) is 0.673. The van der Waals surface area contributed by atoms with Crippen LogP contribution in [0, 0.1) is 10.1 Å². The van der Waals surface area contributed by atoms with Gasteiger partial charge in [0, 0.05) is 41.3 Å². The van der Waals surface area contributed by atoms with Crippen molar-refractivity contribution >= 4 is 40.7 Å². The molecule has 0 bridgehead atoms. The minimum atomic E-state index is -0.535. The molecular weight excluding hydrogens is 381 g/mol. The van der Waals surface area contributed by atoms with E-state index in [1.807, 2.05) is 0 Å². The van der Waals surface area contributed by atoms with E-state index in [9.17, 15) is 19.7 Å². The van der Waals surface area contributed by atoms with Gasteiger partial charge in [-0.15, -0.1) is 0 Å². The molecule has 136 valence electrons. The number of rotatable bonds is 6. The fraction of sp³-hybridized carbons (Fsp3) is 0.176. The Hall–Kier alpha value is -2.64. The molecule has 0 radical (unpaired) electrons. The first-order valence-corrected chi connectivity index (χ1v) is 8.24. The summed E-state index contributed by atoms with van der Waals surface area (Å²) in [6.45, 7) is -0.152. The molecule has 0 saturated heterocycles. The molecule has 0 aliphatic heterocycles. The number of carbonyl (C=O) groups excluding carboxylic acids is 2. The van der Waals surface area contributed by atoms with Gasteiger partial charge >= 0.3 is 0 Å². The average Bonchev–Trinajstić information content (AvgIpc) is 2.60. The molecule has 0 heterocycles. The highest BCUT2D eigenvalue weighted by atomic mass is 35.5. The Kier molecular flexibility index (Phi) is 6.54. The van der Waals surface area contributed by atoms with Gasteiger partial charge < -0.3 is 10.2 Å². The van der Waals surface area contributed by atoms with E-state index in [0.717, 1.165) is 0 Å². The van der Waals surface area contributed by atoms with Crippen molar-refractivity contribution in [1.82, 2.24) is 10.2 Å². The second-order valence-corrected chi connectivity index (χ2v) is 6.32. The van der Waals surface area contributed by atoms with E-state index in [-0.39, 0.29) is 24.7 Å². The average molecular weight is 396 g/mol. The Morgan fingerprint density at radius 1 is 1.19 bits per heavy atom. The number of nitro groups is 1. The lowest BCUT2D eigenvalue weighted by atomic mass is 10.2. The molecule has 0 aromatic heterocycles. The highest BCUT2D eigenvalue weighted by molar-refractivity contribution is 6.31. The Bertz CT molecular complexity index is 858. The predicted molar refractivity (Wildman–Crippen MR) is 98.4 cm³/mol. The summed E-state index contributed by atoms with van der Waals surface area (Å²) in [6.07, 6.45) is 0. The van der Waals surface area contributed by atoms with E-state index in [1.165, 1.54) is 36.2 Å². The Labute approximate surface area is 159 Å². The van der Waals surface area contributed by atoms with Crippen LogP contribution in [0.1, 0.15) is 15.9 Å². The van der Waals surface area contributed by atoms with Crippen molar-refractivity contribution in [2.45, 2.75) is 6.54 Å². The molecule has 7 nitrogen and oxygen atoms in total. The molecule has 1 N–H and O–H groups in total. The van der Waals surface area contributed by atoms with E-state index >= 15 is 0 Å². The molecule has 26 heavy (non-hydrogen) atoms. The van der Waals surface area contributed by atoms with Crippen LogP contribution in [0.15, 0.2) is 42.5 Å². The minimum absolute atomic E-state index is 0.0758. The van der Waals surface area contributed by atoms with Gasteiger partial charge in [-0.3, -0.25) is 19.7 Å². The lowest BCUT2D eigenvalue weighted by Crippen LogP contribution is -2.37. The molecule has 0 fully saturated rings. The first kappa shape index (κ1) is 19.7. The molecule has 0 unspecified atom stereocenters. The number of likely N-dealkylation sites (N-methyl/N-ethyl adjacent to an activating group) is 1. The Balaban J connectivity index is 1.96. The second-order valence-electron chi connectivity index (χ2n) is 5.48.